The van der Waals surface area contributed by atoms with Crippen molar-refractivity contribution in [1.29, 1.82) is 0 Å². The fourth-order valence-corrected chi connectivity index (χ4v) is 3.14. The molecule has 116 valence electrons. The molecular formula is C18H18N4O. The van der Waals surface area contributed by atoms with Gasteiger partial charge in [0.2, 0.25) is 0 Å². The first kappa shape index (κ1) is 13.8. The third kappa shape index (κ3) is 2.34. The summed E-state index contributed by atoms with van der Waals surface area (Å²) in [5, 5.41) is 2.95. The fourth-order valence-electron chi connectivity index (χ4n) is 3.14. The standard InChI is InChI=1S/C18H18N4O/c1-21(13-6-3-2-4-7-13)12-16-20-15-9-5-8-14-17(15)22(16)11-10-19-18(14)23/h2-9H,10-12H2,1H3,(H,19,23). The van der Waals surface area contributed by atoms with Crippen LogP contribution in [0.4, 0.5) is 5.69 Å². The van der Waals surface area contributed by atoms with E-state index in [2.05, 4.69) is 34.0 Å². The Morgan fingerprint density at radius 2 is 2.00 bits per heavy atom. The van der Waals surface area contributed by atoms with E-state index >= 15 is 0 Å². The smallest absolute Gasteiger partial charge is 0.253 e. The summed E-state index contributed by atoms with van der Waals surface area (Å²) in [5.41, 5.74) is 3.69. The molecule has 1 aliphatic rings. The molecule has 0 saturated carbocycles. The van der Waals surface area contributed by atoms with E-state index in [1.54, 1.807) is 0 Å². The molecule has 3 aromatic rings. The zero-order chi connectivity index (χ0) is 15.8. The first-order valence-electron chi connectivity index (χ1n) is 7.76. The van der Waals surface area contributed by atoms with Gasteiger partial charge in [-0.15, -0.1) is 0 Å². The average molecular weight is 306 g/mol. The normalized spacial score (nSPS) is 13.7. The largest absolute Gasteiger partial charge is 0.367 e. The van der Waals surface area contributed by atoms with Crippen LogP contribution in [-0.4, -0.2) is 29.1 Å². The van der Waals surface area contributed by atoms with Crippen LogP contribution in [0.1, 0.15) is 16.2 Å². The van der Waals surface area contributed by atoms with Gasteiger partial charge in [0.25, 0.3) is 5.91 Å². The molecule has 2 heterocycles. The number of amides is 1. The van der Waals surface area contributed by atoms with Crippen LogP contribution in [0.5, 0.6) is 0 Å². The summed E-state index contributed by atoms with van der Waals surface area (Å²) in [6.07, 6.45) is 0. The van der Waals surface area contributed by atoms with E-state index in [0.717, 1.165) is 29.1 Å². The van der Waals surface area contributed by atoms with Crippen LogP contribution in [0, 0.1) is 0 Å². The summed E-state index contributed by atoms with van der Waals surface area (Å²) in [4.78, 5) is 19.1. The maximum absolute atomic E-state index is 12.2. The highest BCUT2D eigenvalue weighted by molar-refractivity contribution is 6.05. The molecule has 1 N–H and O–H groups in total. The first-order valence-corrected chi connectivity index (χ1v) is 7.76. The van der Waals surface area contributed by atoms with Crippen LogP contribution in [-0.2, 0) is 13.1 Å². The molecule has 0 atom stereocenters. The van der Waals surface area contributed by atoms with Gasteiger partial charge in [-0.05, 0) is 24.3 Å². The van der Waals surface area contributed by atoms with Crippen molar-refractivity contribution in [3.63, 3.8) is 0 Å². The molecule has 0 spiro atoms. The second-order valence-electron chi connectivity index (χ2n) is 5.80. The van der Waals surface area contributed by atoms with Crippen LogP contribution >= 0.6 is 0 Å². The van der Waals surface area contributed by atoms with E-state index in [1.165, 1.54) is 0 Å². The van der Waals surface area contributed by atoms with Crippen molar-refractivity contribution in [2.75, 3.05) is 18.5 Å². The average Bonchev–Trinajstić information content (AvgIpc) is 2.82. The maximum atomic E-state index is 12.2. The molecule has 23 heavy (non-hydrogen) atoms. The molecule has 2 aromatic carbocycles. The zero-order valence-corrected chi connectivity index (χ0v) is 13.0. The Bertz CT molecular complexity index is 869. The van der Waals surface area contributed by atoms with Crippen molar-refractivity contribution < 1.29 is 4.79 Å². The molecule has 1 amide bonds. The minimum Gasteiger partial charge on any atom is -0.367 e. The Hall–Kier alpha value is -2.82. The van der Waals surface area contributed by atoms with Crippen molar-refractivity contribution in [1.82, 2.24) is 14.9 Å². The van der Waals surface area contributed by atoms with Gasteiger partial charge in [-0.3, -0.25) is 4.79 Å². The van der Waals surface area contributed by atoms with Crippen molar-refractivity contribution in [2.45, 2.75) is 13.1 Å². The van der Waals surface area contributed by atoms with E-state index in [9.17, 15) is 4.79 Å². The van der Waals surface area contributed by atoms with E-state index in [-0.39, 0.29) is 5.91 Å². The highest BCUT2D eigenvalue weighted by Crippen LogP contribution is 2.24. The molecular weight excluding hydrogens is 288 g/mol. The first-order chi connectivity index (χ1) is 11.2. The molecule has 0 radical (unpaired) electrons. The van der Waals surface area contributed by atoms with Gasteiger partial charge < -0.3 is 14.8 Å². The van der Waals surface area contributed by atoms with Crippen molar-refractivity contribution in [3.8, 4) is 0 Å². The third-order valence-electron chi connectivity index (χ3n) is 4.29. The number of nitrogens with zero attached hydrogens (tertiary/aromatic N) is 3. The van der Waals surface area contributed by atoms with Gasteiger partial charge >= 0.3 is 0 Å². The van der Waals surface area contributed by atoms with E-state index in [4.69, 9.17) is 4.98 Å². The number of benzene rings is 2. The van der Waals surface area contributed by atoms with Crippen LogP contribution in [0.15, 0.2) is 48.5 Å². The number of hydrogen-bond acceptors (Lipinski definition) is 3. The number of aromatic nitrogens is 2. The third-order valence-corrected chi connectivity index (χ3v) is 4.29. The number of imidazole rings is 1. The number of hydrogen-bond donors (Lipinski definition) is 1. The van der Waals surface area contributed by atoms with Gasteiger partial charge in [-0.1, -0.05) is 24.3 Å². The Morgan fingerprint density at radius 3 is 2.83 bits per heavy atom. The van der Waals surface area contributed by atoms with Gasteiger partial charge in [0.15, 0.2) is 0 Å². The van der Waals surface area contributed by atoms with E-state index in [1.807, 2.05) is 36.4 Å². The molecule has 0 saturated heterocycles. The molecule has 1 aromatic heterocycles. The Labute approximate surface area is 134 Å². The quantitative estimate of drug-likeness (QED) is 0.808. The summed E-state index contributed by atoms with van der Waals surface area (Å²) in [6.45, 7) is 2.07. The molecule has 0 fully saturated rings. The molecule has 5 heteroatoms. The molecule has 0 unspecified atom stereocenters. The lowest BCUT2D eigenvalue weighted by atomic mass is 10.2. The molecule has 0 bridgehead atoms. The van der Waals surface area contributed by atoms with Crippen LogP contribution < -0.4 is 10.2 Å². The predicted octanol–water partition coefficient (Wildman–Crippen LogP) is 2.42. The van der Waals surface area contributed by atoms with Crippen molar-refractivity contribution >= 4 is 22.6 Å². The lowest BCUT2D eigenvalue weighted by molar-refractivity contribution is 0.0956. The monoisotopic (exact) mass is 306 g/mol. The summed E-state index contributed by atoms with van der Waals surface area (Å²) < 4.78 is 2.17. The summed E-state index contributed by atoms with van der Waals surface area (Å²) >= 11 is 0. The highest BCUT2D eigenvalue weighted by Gasteiger charge is 2.21. The topological polar surface area (TPSA) is 50.2 Å². The fraction of sp³-hybridized carbons (Fsp3) is 0.222. The Morgan fingerprint density at radius 1 is 1.17 bits per heavy atom. The van der Waals surface area contributed by atoms with Gasteiger partial charge in [-0.2, -0.15) is 0 Å². The molecule has 1 aliphatic heterocycles. The zero-order valence-electron chi connectivity index (χ0n) is 13.0. The SMILES string of the molecule is CN(Cc1nc2cccc3c2n1CCNC3=O)c1ccccc1. The minimum absolute atomic E-state index is 0.0165. The maximum Gasteiger partial charge on any atom is 0.253 e. The van der Waals surface area contributed by atoms with Crippen molar-refractivity contribution in [3.05, 3.63) is 59.9 Å². The number of para-hydroxylation sites is 2. The van der Waals surface area contributed by atoms with Crippen molar-refractivity contribution in [2.24, 2.45) is 0 Å². The van der Waals surface area contributed by atoms with Gasteiger partial charge in [0, 0.05) is 25.8 Å². The summed E-state index contributed by atoms with van der Waals surface area (Å²) in [5.74, 6) is 0.965. The molecule has 5 nitrogen and oxygen atoms in total. The number of anilines is 1. The predicted molar refractivity (Wildman–Crippen MR) is 90.6 cm³/mol. The number of nitrogens with one attached hydrogen (secondary N) is 1. The lowest BCUT2D eigenvalue weighted by Gasteiger charge is -2.19. The number of rotatable bonds is 3. The van der Waals surface area contributed by atoms with E-state index < -0.39 is 0 Å². The summed E-state index contributed by atoms with van der Waals surface area (Å²) in [6, 6.07) is 16.0. The van der Waals surface area contributed by atoms with E-state index in [0.29, 0.717) is 18.7 Å². The number of carbonyl (C=O) groups excluding carboxylic acids is 1. The second kappa shape index (κ2) is 5.43. The number of carbonyl (C=O) groups is 1. The lowest BCUT2D eigenvalue weighted by Crippen LogP contribution is -2.25. The van der Waals surface area contributed by atoms with Gasteiger partial charge in [0.1, 0.15) is 5.82 Å². The molecule has 0 aliphatic carbocycles. The minimum atomic E-state index is -0.0165. The Balaban J connectivity index is 1.77. The highest BCUT2D eigenvalue weighted by atomic mass is 16.1. The van der Waals surface area contributed by atoms with Gasteiger partial charge in [-0.25, -0.2) is 4.98 Å². The van der Waals surface area contributed by atoms with Crippen LogP contribution in [0.25, 0.3) is 11.0 Å². The molecule has 4 rings (SSSR count). The summed E-state index contributed by atoms with van der Waals surface area (Å²) in [7, 11) is 2.06. The van der Waals surface area contributed by atoms with Crippen LogP contribution in [0.3, 0.4) is 0 Å². The van der Waals surface area contributed by atoms with Gasteiger partial charge in [0.05, 0.1) is 23.1 Å². The Kier molecular flexibility index (Phi) is 3.26. The second-order valence-corrected chi connectivity index (χ2v) is 5.80. The van der Waals surface area contributed by atoms with Crippen LogP contribution in [0.2, 0.25) is 0 Å².